The second-order valence-corrected chi connectivity index (χ2v) is 5.49. The van der Waals surface area contributed by atoms with E-state index >= 15 is 0 Å². The fourth-order valence-electron chi connectivity index (χ4n) is 1.43. The van der Waals surface area contributed by atoms with E-state index in [0.717, 1.165) is 11.3 Å². The van der Waals surface area contributed by atoms with Crippen molar-refractivity contribution in [3.8, 4) is 5.75 Å². The predicted octanol–water partition coefficient (Wildman–Crippen LogP) is 1.78. The molecule has 1 rings (SSSR count). The number of aryl methyl sites for hydroxylation is 1. The molecule has 0 amide bonds. The summed E-state index contributed by atoms with van der Waals surface area (Å²) < 4.78 is 29.5. The number of hydrogen-bond donors (Lipinski definition) is 3. The third kappa shape index (κ3) is 5.55. The zero-order valence-electron chi connectivity index (χ0n) is 9.68. The molecule has 17 heavy (non-hydrogen) atoms. The highest BCUT2D eigenvalue weighted by Gasteiger charge is 2.03. The highest BCUT2D eigenvalue weighted by Crippen LogP contribution is 2.20. The second-order valence-electron chi connectivity index (χ2n) is 3.92. The van der Waals surface area contributed by atoms with Crippen LogP contribution in [-0.4, -0.2) is 30.4 Å². The van der Waals surface area contributed by atoms with Crippen molar-refractivity contribution < 1.29 is 18.1 Å². The van der Waals surface area contributed by atoms with Gasteiger partial charge in [0.15, 0.2) is 0 Å². The highest BCUT2D eigenvalue weighted by molar-refractivity contribution is 7.85. The second kappa shape index (κ2) is 5.88. The molecular weight excluding hydrogens is 242 g/mol. The smallest absolute Gasteiger partial charge is 0.264 e. The number of benzene rings is 1. The number of nitrogens with one attached hydrogen (secondary N) is 1. The molecule has 0 aromatic heterocycles. The molecule has 1 aromatic carbocycles. The number of phenolic OH excluding ortho intramolecular Hbond substituents is 1. The van der Waals surface area contributed by atoms with Crippen molar-refractivity contribution in [1.29, 1.82) is 0 Å². The van der Waals surface area contributed by atoms with E-state index in [1.165, 1.54) is 0 Å². The Morgan fingerprint density at radius 1 is 1.29 bits per heavy atom. The summed E-state index contributed by atoms with van der Waals surface area (Å²) in [6, 6.07) is 5.03. The third-order valence-corrected chi connectivity index (χ3v) is 3.17. The van der Waals surface area contributed by atoms with Gasteiger partial charge in [0.05, 0.1) is 5.75 Å². The van der Waals surface area contributed by atoms with E-state index in [2.05, 4.69) is 5.32 Å². The van der Waals surface area contributed by atoms with E-state index in [0.29, 0.717) is 19.4 Å². The number of aromatic hydroxyl groups is 1. The van der Waals surface area contributed by atoms with Crippen molar-refractivity contribution in [2.24, 2.45) is 0 Å². The normalized spacial score (nSPS) is 11.4. The number of rotatable bonds is 6. The van der Waals surface area contributed by atoms with Crippen LogP contribution in [0.25, 0.3) is 0 Å². The molecule has 0 fully saturated rings. The van der Waals surface area contributed by atoms with E-state index in [1.807, 2.05) is 6.92 Å². The van der Waals surface area contributed by atoms with Gasteiger partial charge in [0.25, 0.3) is 10.1 Å². The number of phenols is 1. The first-order valence-corrected chi connectivity index (χ1v) is 6.98. The van der Waals surface area contributed by atoms with Gasteiger partial charge in [-0.15, -0.1) is 0 Å². The Balaban J connectivity index is 2.34. The van der Waals surface area contributed by atoms with Gasteiger partial charge in [-0.1, -0.05) is 6.07 Å². The van der Waals surface area contributed by atoms with Crippen LogP contribution < -0.4 is 5.32 Å². The molecule has 0 unspecified atom stereocenters. The first kappa shape index (κ1) is 13.8. The molecule has 5 nitrogen and oxygen atoms in total. The van der Waals surface area contributed by atoms with Crippen molar-refractivity contribution in [2.45, 2.75) is 19.8 Å². The van der Waals surface area contributed by atoms with Gasteiger partial charge in [0, 0.05) is 18.3 Å². The Morgan fingerprint density at radius 2 is 2.00 bits per heavy atom. The molecule has 0 spiro atoms. The summed E-state index contributed by atoms with van der Waals surface area (Å²) in [6.07, 6.45) is 1.04. The van der Waals surface area contributed by atoms with Gasteiger partial charge < -0.3 is 10.4 Å². The zero-order chi connectivity index (χ0) is 12.9. The van der Waals surface area contributed by atoms with Crippen LogP contribution in [-0.2, 0) is 10.1 Å². The first-order chi connectivity index (χ1) is 7.88. The van der Waals surface area contributed by atoms with Gasteiger partial charge in [-0.05, 0) is 31.4 Å². The zero-order valence-corrected chi connectivity index (χ0v) is 10.5. The van der Waals surface area contributed by atoms with E-state index in [1.54, 1.807) is 18.2 Å². The molecule has 6 heteroatoms. The van der Waals surface area contributed by atoms with Gasteiger partial charge in [0.2, 0.25) is 0 Å². The standard InChI is InChI=1S/C11H17NO4S/c1-9-4-5-10(13)8-11(9)12-6-2-3-7-17(14,15)16/h4-5,8,12-13H,2-3,6-7H2,1H3,(H,14,15,16). The topological polar surface area (TPSA) is 86.6 Å². The van der Waals surface area contributed by atoms with Crippen LogP contribution in [0.5, 0.6) is 5.75 Å². The fraction of sp³-hybridized carbons (Fsp3) is 0.455. The number of anilines is 1. The molecule has 0 aliphatic rings. The van der Waals surface area contributed by atoms with Crippen molar-refractivity contribution >= 4 is 15.8 Å². The molecular formula is C11H17NO4S. The Bertz CT molecular complexity index is 470. The summed E-state index contributed by atoms with van der Waals surface area (Å²) in [5.41, 5.74) is 1.84. The molecule has 96 valence electrons. The van der Waals surface area contributed by atoms with E-state index < -0.39 is 10.1 Å². The molecule has 0 heterocycles. The van der Waals surface area contributed by atoms with Crippen LogP contribution in [0, 0.1) is 6.92 Å². The largest absolute Gasteiger partial charge is 0.508 e. The maximum absolute atomic E-state index is 10.5. The minimum absolute atomic E-state index is 0.191. The van der Waals surface area contributed by atoms with E-state index in [9.17, 15) is 13.5 Å². The number of hydrogen-bond acceptors (Lipinski definition) is 4. The molecule has 0 atom stereocenters. The van der Waals surface area contributed by atoms with Crippen LogP contribution in [0.3, 0.4) is 0 Å². The van der Waals surface area contributed by atoms with Crippen LogP contribution in [0.15, 0.2) is 18.2 Å². The van der Waals surface area contributed by atoms with Gasteiger partial charge >= 0.3 is 0 Å². The fourth-order valence-corrected chi connectivity index (χ4v) is 2.00. The highest BCUT2D eigenvalue weighted by atomic mass is 32.2. The van der Waals surface area contributed by atoms with Gasteiger partial charge in [0.1, 0.15) is 5.75 Å². The minimum atomic E-state index is -3.85. The monoisotopic (exact) mass is 259 g/mol. The molecule has 0 saturated carbocycles. The van der Waals surface area contributed by atoms with Crippen LogP contribution in [0.2, 0.25) is 0 Å². The lowest BCUT2D eigenvalue weighted by atomic mass is 10.2. The van der Waals surface area contributed by atoms with Crippen molar-refractivity contribution in [2.75, 3.05) is 17.6 Å². The van der Waals surface area contributed by atoms with Crippen molar-refractivity contribution in [3.05, 3.63) is 23.8 Å². The lowest BCUT2D eigenvalue weighted by Gasteiger charge is -2.09. The lowest BCUT2D eigenvalue weighted by molar-refractivity contribution is 0.475. The average Bonchev–Trinajstić information content (AvgIpc) is 2.21. The summed E-state index contributed by atoms with van der Waals surface area (Å²) >= 11 is 0. The summed E-state index contributed by atoms with van der Waals surface area (Å²) in [4.78, 5) is 0. The molecule has 0 radical (unpaired) electrons. The van der Waals surface area contributed by atoms with Gasteiger partial charge in [-0.3, -0.25) is 4.55 Å². The molecule has 0 aliphatic heterocycles. The quantitative estimate of drug-likeness (QED) is 0.535. The minimum Gasteiger partial charge on any atom is -0.508 e. The maximum atomic E-state index is 10.5. The summed E-state index contributed by atoms with van der Waals surface area (Å²) in [5, 5.41) is 12.4. The molecule has 3 N–H and O–H groups in total. The van der Waals surface area contributed by atoms with Crippen molar-refractivity contribution in [3.63, 3.8) is 0 Å². The van der Waals surface area contributed by atoms with Gasteiger partial charge in [-0.25, -0.2) is 0 Å². The maximum Gasteiger partial charge on any atom is 0.264 e. The third-order valence-electron chi connectivity index (χ3n) is 2.37. The van der Waals surface area contributed by atoms with Crippen LogP contribution in [0.4, 0.5) is 5.69 Å². The Labute approximate surface area is 101 Å². The van der Waals surface area contributed by atoms with Gasteiger partial charge in [-0.2, -0.15) is 8.42 Å². The summed E-state index contributed by atoms with van der Waals surface area (Å²) in [6.45, 7) is 2.51. The molecule has 1 aromatic rings. The Hall–Kier alpha value is -1.27. The van der Waals surface area contributed by atoms with Crippen LogP contribution in [0.1, 0.15) is 18.4 Å². The SMILES string of the molecule is Cc1ccc(O)cc1NCCCCS(=O)(=O)O. The molecule has 0 bridgehead atoms. The van der Waals surface area contributed by atoms with E-state index in [-0.39, 0.29) is 11.5 Å². The summed E-state index contributed by atoms with van der Waals surface area (Å²) in [5.74, 6) is -0.0238. The molecule has 0 aliphatic carbocycles. The summed E-state index contributed by atoms with van der Waals surface area (Å²) in [7, 11) is -3.85. The Morgan fingerprint density at radius 3 is 2.65 bits per heavy atom. The first-order valence-electron chi connectivity index (χ1n) is 5.37. The predicted molar refractivity (Wildman–Crippen MR) is 67.0 cm³/mol. The molecule has 0 saturated heterocycles. The number of unbranched alkanes of at least 4 members (excludes halogenated alkanes) is 1. The van der Waals surface area contributed by atoms with E-state index in [4.69, 9.17) is 4.55 Å². The average molecular weight is 259 g/mol. The van der Waals surface area contributed by atoms with Crippen molar-refractivity contribution in [1.82, 2.24) is 0 Å². The Kier molecular flexibility index (Phi) is 4.77. The van der Waals surface area contributed by atoms with Crippen LogP contribution >= 0.6 is 0 Å². The lowest BCUT2D eigenvalue weighted by Crippen LogP contribution is -2.08.